The molecule has 0 aliphatic carbocycles. The van der Waals surface area contributed by atoms with Gasteiger partial charge >= 0.3 is 7.83 Å². The fourth-order valence-electron chi connectivity index (χ4n) is 0.401. The molecule has 0 aliphatic heterocycles. The summed E-state index contributed by atoms with van der Waals surface area (Å²) in [5, 5.41) is 2.09. The van der Waals surface area contributed by atoms with E-state index < -0.39 is 7.83 Å². The quantitative estimate of drug-likeness (QED) is 0.628. The zero-order valence-corrected chi connectivity index (χ0v) is 6.45. The van der Waals surface area contributed by atoms with Gasteiger partial charge in [-0.25, -0.2) is 9.65 Å². The Labute approximate surface area is 54.2 Å². The van der Waals surface area contributed by atoms with Crippen LogP contribution in [0.2, 0.25) is 0 Å². The van der Waals surface area contributed by atoms with Gasteiger partial charge in [-0.2, -0.15) is 0 Å². The maximum Gasteiger partial charge on any atom is 0.442 e. The number of hydrogen-bond acceptors (Lipinski definition) is 2. The second-order valence-electron chi connectivity index (χ2n) is 1.41. The predicted molar refractivity (Wildman–Crippen MR) is 34.0 cm³/mol. The zero-order chi connectivity index (χ0) is 7.33. The van der Waals surface area contributed by atoms with E-state index >= 15 is 0 Å². The third-order valence-corrected chi connectivity index (χ3v) is 1.93. The van der Waals surface area contributed by atoms with Gasteiger partial charge in [-0.15, -0.1) is 4.20 Å². The molecule has 0 saturated heterocycles. The van der Waals surface area contributed by atoms with E-state index in [1.165, 1.54) is 0 Å². The number of hydrogen-bond donors (Lipinski definition) is 1. The fraction of sp³-hybridized carbons (Fsp3) is 1.00. The molecule has 0 bridgehead atoms. The van der Waals surface area contributed by atoms with Crippen LogP contribution in [0.3, 0.4) is 0 Å². The molecular formula is C4H11FNO2P. The maximum atomic E-state index is 12.3. The van der Waals surface area contributed by atoms with Crippen molar-refractivity contribution < 1.29 is 13.3 Å². The summed E-state index contributed by atoms with van der Waals surface area (Å²) < 4.78 is 27.0. The summed E-state index contributed by atoms with van der Waals surface area (Å²) in [7, 11) is -3.94. The first kappa shape index (κ1) is 9.08. The van der Waals surface area contributed by atoms with E-state index in [4.69, 9.17) is 0 Å². The van der Waals surface area contributed by atoms with Crippen molar-refractivity contribution >= 4 is 7.83 Å². The van der Waals surface area contributed by atoms with Crippen molar-refractivity contribution in [1.29, 1.82) is 0 Å². The number of nitrogens with one attached hydrogen (secondary N) is 1. The van der Waals surface area contributed by atoms with Gasteiger partial charge in [0.05, 0.1) is 6.61 Å². The van der Waals surface area contributed by atoms with Gasteiger partial charge in [-0.05, 0) is 6.92 Å². The molecule has 0 rings (SSSR count). The first-order valence-corrected chi connectivity index (χ1v) is 4.33. The largest absolute Gasteiger partial charge is 0.442 e. The van der Waals surface area contributed by atoms with Crippen molar-refractivity contribution in [3.8, 4) is 0 Å². The second kappa shape index (κ2) is 3.99. The fourth-order valence-corrected chi connectivity index (χ4v) is 1.20. The Bertz CT molecular complexity index is 109. The molecule has 0 amide bonds. The Hall–Kier alpha value is 0.0800. The molecule has 0 aromatic carbocycles. The Morgan fingerprint density at radius 3 is 2.56 bits per heavy atom. The standard InChI is InChI=1S/C4H11FNO2P/c1-3-6-9(5,7)8-4-2/h3-4H2,1-2H3,(H,6,7). The highest BCUT2D eigenvalue weighted by Crippen LogP contribution is 2.43. The highest BCUT2D eigenvalue weighted by molar-refractivity contribution is 7.51. The molecule has 9 heavy (non-hydrogen) atoms. The molecule has 0 aliphatic rings. The number of halogens is 1. The Morgan fingerprint density at radius 2 is 2.22 bits per heavy atom. The Kier molecular flexibility index (Phi) is 4.02. The van der Waals surface area contributed by atoms with Crippen molar-refractivity contribution in [2.24, 2.45) is 0 Å². The summed E-state index contributed by atoms with van der Waals surface area (Å²) in [5.74, 6) is 0. The lowest BCUT2D eigenvalue weighted by atomic mass is 10.8. The van der Waals surface area contributed by atoms with Gasteiger partial charge in [-0.3, -0.25) is 4.52 Å². The van der Waals surface area contributed by atoms with Gasteiger partial charge in [0.2, 0.25) is 0 Å². The molecule has 0 aromatic rings. The van der Waals surface area contributed by atoms with Gasteiger partial charge in [0.25, 0.3) is 0 Å². The molecule has 0 radical (unpaired) electrons. The molecule has 0 saturated carbocycles. The van der Waals surface area contributed by atoms with E-state index in [2.05, 4.69) is 9.61 Å². The molecule has 1 N–H and O–H groups in total. The van der Waals surface area contributed by atoms with Gasteiger partial charge < -0.3 is 0 Å². The van der Waals surface area contributed by atoms with E-state index in [0.717, 1.165) is 0 Å². The predicted octanol–water partition coefficient (Wildman–Crippen LogP) is 1.71. The molecule has 1 unspecified atom stereocenters. The molecule has 1 atom stereocenters. The molecular weight excluding hydrogens is 144 g/mol. The van der Waals surface area contributed by atoms with Crippen LogP contribution in [0.25, 0.3) is 0 Å². The summed E-state index contributed by atoms with van der Waals surface area (Å²) in [6.45, 7) is 3.68. The van der Waals surface area contributed by atoms with E-state index in [0.29, 0.717) is 6.54 Å². The van der Waals surface area contributed by atoms with Gasteiger partial charge in [-0.1, -0.05) is 6.92 Å². The molecule has 56 valence electrons. The Balaban J connectivity index is 3.58. The van der Waals surface area contributed by atoms with Crippen LogP contribution in [-0.2, 0) is 9.09 Å². The monoisotopic (exact) mass is 155 g/mol. The third-order valence-electron chi connectivity index (χ3n) is 0.642. The summed E-state index contributed by atoms with van der Waals surface area (Å²) in [6, 6.07) is 0. The highest BCUT2D eigenvalue weighted by atomic mass is 31.2. The van der Waals surface area contributed by atoms with Crippen LogP contribution in [0.5, 0.6) is 0 Å². The minimum absolute atomic E-state index is 0.126. The van der Waals surface area contributed by atoms with Crippen LogP contribution in [0.15, 0.2) is 0 Å². The van der Waals surface area contributed by atoms with Crippen LogP contribution in [0, 0.1) is 0 Å². The first-order valence-electron chi connectivity index (χ1n) is 2.81. The smallest absolute Gasteiger partial charge is 0.294 e. The Morgan fingerprint density at radius 1 is 1.67 bits per heavy atom. The highest BCUT2D eigenvalue weighted by Gasteiger charge is 2.17. The van der Waals surface area contributed by atoms with Crippen LogP contribution < -0.4 is 5.09 Å². The second-order valence-corrected chi connectivity index (χ2v) is 2.94. The molecule has 0 heterocycles. The van der Waals surface area contributed by atoms with E-state index in [9.17, 15) is 8.76 Å². The van der Waals surface area contributed by atoms with Crippen LogP contribution in [-0.4, -0.2) is 13.2 Å². The summed E-state index contributed by atoms with van der Waals surface area (Å²) >= 11 is 0. The van der Waals surface area contributed by atoms with Gasteiger partial charge in [0.1, 0.15) is 0 Å². The van der Waals surface area contributed by atoms with Crippen molar-refractivity contribution in [3.63, 3.8) is 0 Å². The van der Waals surface area contributed by atoms with Crippen LogP contribution >= 0.6 is 7.83 Å². The average molecular weight is 155 g/mol. The van der Waals surface area contributed by atoms with Gasteiger partial charge in [0.15, 0.2) is 0 Å². The van der Waals surface area contributed by atoms with E-state index in [-0.39, 0.29) is 6.61 Å². The van der Waals surface area contributed by atoms with Crippen molar-refractivity contribution in [1.82, 2.24) is 5.09 Å². The van der Waals surface area contributed by atoms with Crippen molar-refractivity contribution in [2.75, 3.05) is 13.2 Å². The summed E-state index contributed by atoms with van der Waals surface area (Å²) in [6.07, 6.45) is 0. The molecule has 0 fully saturated rings. The lowest BCUT2D eigenvalue weighted by molar-refractivity contribution is 0.295. The minimum Gasteiger partial charge on any atom is -0.294 e. The maximum absolute atomic E-state index is 12.3. The van der Waals surface area contributed by atoms with E-state index in [1.807, 2.05) is 0 Å². The van der Waals surface area contributed by atoms with Crippen molar-refractivity contribution in [2.45, 2.75) is 13.8 Å². The van der Waals surface area contributed by atoms with Crippen molar-refractivity contribution in [3.05, 3.63) is 0 Å². The topological polar surface area (TPSA) is 38.3 Å². The van der Waals surface area contributed by atoms with Crippen LogP contribution in [0.4, 0.5) is 4.20 Å². The summed E-state index contributed by atoms with van der Waals surface area (Å²) in [4.78, 5) is 0. The SMILES string of the molecule is CCNP(=O)(F)OCC. The number of rotatable bonds is 4. The molecule has 0 aromatic heterocycles. The molecule has 3 nitrogen and oxygen atoms in total. The lowest BCUT2D eigenvalue weighted by Gasteiger charge is -2.06. The normalized spacial score (nSPS) is 17.2. The third kappa shape index (κ3) is 4.58. The van der Waals surface area contributed by atoms with E-state index in [1.54, 1.807) is 13.8 Å². The molecule has 0 spiro atoms. The van der Waals surface area contributed by atoms with Crippen LogP contribution in [0.1, 0.15) is 13.8 Å². The summed E-state index contributed by atoms with van der Waals surface area (Å²) in [5.41, 5.74) is 0. The van der Waals surface area contributed by atoms with Gasteiger partial charge in [0, 0.05) is 6.54 Å². The minimum atomic E-state index is -3.94. The zero-order valence-electron chi connectivity index (χ0n) is 5.56. The molecule has 5 heteroatoms. The average Bonchev–Trinajstić information content (AvgIpc) is 1.64. The lowest BCUT2D eigenvalue weighted by Crippen LogP contribution is -2.07. The first-order chi connectivity index (χ1) is 4.12.